The summed E-state index contributed by atoms with van der Waals surface area (Å²) in [6, 6.07) is 17.1. The molecule has 1 unspecified atom stereocenters. The molecule has 2 heteroatoms. The Morgan fingerprint density at radius 3 is 1.18 bits per heavy atom. The highest BCUT2D eigenvalue weighted by Crippen LogP contribution is 2.57. The molecule has 0 N–H and O–H groups in total. The number of methoxy groups -OCH3 is 2. The Kier molecular flexibility index (Phi) is 4.10. The van der Waals surface area contributed by atoms with Gasteiger partial charge in [-0.1, -0.05) is 38.1 Å². The molecule has 116 valence electrons. The Labute approximate surface area is 133 Å². The van der Waals surface area contributed by atoms with Gasteiger partial charge in [-0.15, -0.1) is 0 Å². The lowest BCUT2D eigenvalue weighted by molar-refractivity contribution is 0.122. The minimum atomic E-state index is 0.578. The van der Waals surface area contributed by atoms with Gasteiger partial charge >= 0.3 is 0 Å². The fraction of sp³-hybridized carbons (Fsp3) is 0.400. The molecule has 0 aromatic heterocycles. The molecular formula is C20H24O2. The van der Waals surface area contributed by atoms with Crippen molar-refractivity contribution >= 4 is 0 Å². The first-order valence-corrected chi connectivity index (χ1v) is 7.93. The van der Waals surface area contributed by atoms with E-state index in [1.165, 1.54) is 11.1 Å². The normalized spacial score (nSPS) is 27.1. The maximum Gasteiger partial charge on any atom is 0.118 e. The predicted octanol–water partition coefficient (Wildman–Crippen LogP) is 4.86. The molecule has 0 spiro atoms. The molecule has 2 aromatic rings. The van der Waals surface area contributed by atoms with Crippen molar-refractivity contribution in [2.24, 2.45) is 11.8 Å². The van der Waals surface area contributed by atoms with Crippen molar-refractivity contribution in [3.8, 4) is 11.5 Å². The van der Waals surface area contributed by atoms with Crippen LogP contribution in [0.5, 0.6) is 11.5 Å². The molecule has 1 aliphatic carbocycles. The van der Waals surface area contributed by atoms with E-state index in [4.69, 9.17) is 9.47 Å². The largest absolute Gasteiger partial charge is 0.497 e. The lowest BCUT2D eigenvalue weighted by atomic mass is 9.54. The van der Waals surface area contributed by atoms with Crippen LogP contribution in [0.1, 0.15) is 36.8 Å². The second-order valence-corrected chi connectivity index (χ2v) is 6.32. The van der Waals surface area contributed by atoms with Crippen LogP contribution in [0.2, 0.25) is 0 Å². The maximum absolute atomic E-state index is 5.27. The smallest absolute Gasteiger partial charge is 0.118 e. The summed E-state index contributed by atoms with van der Waals surface area (Å²) in [5.74, 6) is 4.39. The van der Waals surface area contributed by atoms with Gasteiger partial charge in [0.2, 0.25) is 0 Å². The first-order chi connectivity index (χ1) is 10.7. The third kappa shape index (κ3) is 2.47. The summed E-state index contributed by atoms with van der Waals surface area (Å²) in [6.45, 7) is 4.72. The lowest BCUT2D eigenvalue weighted by Gasteiger charge is -2.50. The predicted molar refractivity (Wildman–Crippen MR) is 89.8 cm³/mol. The molecule has 0 radical (unpaired) electrons. The molecule has 3 rings (SSSR count). The minimum absolute atomic E-state index is 0.578. The maximum atomic E-state index is 5.27. The van der Waals surface area contributed by atoms with Crippen LogP contribution in [0.25, 0.3) is 0 Å². The Bertz CT molecular complexity index is 558. The molecule has 0 heterocycles. The van der Waals surface area contributed by atoms with Crippen molar-refractivity contribution in [2.75, 3.05) is 14.2 Å². The number of benzene rings is 2. The van der Waals surface area contributed by atoms with E-state index in [9.17, 15) is 0 Å². The minimum Gasteiger partial charge on any atom is -0.497 e. The van der Waals surface area contributed by atoms with Crippen molar-refractivity contribution < 1.29 is 9.47 Å². The van der Waals surface area contributed by atoms with Gasteiger partial charge in [0.15, 0.2) is 0 Å². The molecule has 4 atom stereocenters. The average molecular weight is 296 g/mol. The summed E-state index contributed by atoms with van der Waals surface area (Å²) in [6.07, 6.45) is 0. The highest BCUT2D eigenvalue weighted by Gasteiger charge is 2.46. The summed E-state index contributed by atoms with van der Waals surface area (Å²) >= 11 is 0. The molecule has 0 amide bonds. The summed E-state index contributed by atoms with van der Waals surface area (Å²) in [4.78, 5) is 0. The molecule has 2 nitrogen and oxygen atoms in total. The highest BCUT2D eigenvalue weighted by atomic mass is 16.5. The topological polar surface area (TPSA) is 18.5 Å². The highest BCUT2D eigenvalue weighted by molar-refractivity contribution is 5.39. The van der Waals surface area contributed by atoms with Crippen molar-refractivity contribution in [3.05, 3.63) is 59.7 Å². The van der Waals surface area contributed by atoms with Crippen LogP contribution < -0.4 is 9.47 Å². The van der Waals surface area contributed by atoms with Gasteiger partial charge in [0.1, 0.15) is 11.5 Å². The van der Waals surface area contributed by atoms with Crippen molar-refractivity contribution in [1.82, 2.24) is 0 Å². The fourth-order valence-corrected chi connectivity index (χ4v) is 3.84. The van der Waals surface area contributed by atoms with E-state index in [1.807, 2.05) is 0 Å². The fourth-order valence-electron chi connectivity index (χ4n) is 3.84. The zero-order valence-corrected chi connectivity index (χ0v) is 13.7. The molecular weight excluding hydrogens is 272 g/mol. The van der Waals surface area contributed by atoms with E-state index >= 15 is 0 Å². The number of hydrogen-bond acceptors (Lipinski definition) is 2. The van der Waals surface area contributed by atoms with Crippen molar-refractivity contribution in [3.63, 3.8) is 0 Å². The Morgan fingerprint density at radius 1 is 0.591 bits per heavy atom. The quantitative estimate of drug-likeness (QED) is 0.802. The lowest BCUT2D eigenvalue weighted by Crippen LogP contribution is -2.39. The van der Waals surface area contributed by atoms with Gasteiger partial charge in [0.25, 0.3) is 0 Å². The third-order valence-electron chi connectivity index (χ3n) is 5.35. The summed E-state index contributed by atoms with van der Waals surface area (Å²) in [5.41, 5.74) is 2.82. The van der Waals surface area contributed by atoms with Gasteiger partial charge in [-0.2, -0.15) is 0 Å². The zero-order chi connectivity index (χ0) is 15.7. The van der Waals surface area contributed by atoms with Gasteiger partial charge in [0, 0.05) is 0 Å². The van der Waals surface area contributed by atoms with E-state index in [-0.39, 0.29) is 0 Å². The van der Waals surface area contributed by atoms with Gasteiger partial charge < -0.3 is 9.47 Å². The van der Waals surface area contributed by atoms with Crippen LogP contribution in [0, 0.1) is 11.8 Å². The Morgan fingerprint density at radius 2 is 0.909 bits per heavy atom. The van der Waals surface area contributed by atoms with E-state index in [0.717, 1.165) is 11.5 Å². The second kappa shape index (κ2) is 6.04. The Balaban J connectivity index is 1.88. The molecule has 2 aromatic carbocycles. The molecule has 0 bridgehead atoms. The monoisotopic (exact) mass is 296 g/mol. The van der Waals surface area contributed by atoms with Crippen LogP contribution in [0.15, 0.2) is 48.5 Å². The average Bonchev–Trinajstić information content (AvgIpc) is 2.59. The van der Waals surface area contributed by atoms with Crippen LogP contribution in [-0.4, -0.2) is 14.2 Å². The summed E-state index contributed by atoms with van der Waals surface area (Å²) in [5, 5.41) is 0. The first-order valence-electron chi connectivity index (χ1n) is 7.93. The van der Waals surface area contributed by atoms with Crippen LogP contribution >= 0.6 is 0 Å². The standard InChI is InChI=1S/C20H24O2/c1-13-14(2)20(16-7-11-18(22-4)12-8-16)19(13)15-5-9-17(21-3)10-6-15/h5-14,19-20H,1-4H3/t13-,14-,19-,20?/m0/s1. The third-order valence-corrected chi connectivity index (χ3v) is 5.35. The van der Waals surface area contributed by atoms with E-state index in [1.54, 1.807) is 14.2 Å². The zero-order valence-electron chi connectivity index (χ0n) is 13.7. The molecule has 1 fully saturated rings. The molecule has 1 saturated carbocycles. The van der Waals surface area contributed by atoms with Gasteiger partial charge in [0.05, 0.1) is 14.2 Å². The van der Waals surface area contributed by atoms with Crippen LogP contribution in [-0.2, 0) is 0 Å². The van der Waals surface area contributed by atoms with Gasteiger partial charge in [-0.3, -0.25) is 0 Å². The van der Waals surface area contributed by atoms with Crippen molar-refractivity contribution in [1.29, 1.82) is 0 Å². The SMILES string of the molecule is COc1ccc(C2[C@@H](C)[C@H](C)[C@H]2c2ccc(OC)cc2)cc1. The second-order valence-electron chi connectivity index (χ2n) is 6.32. The molecule has 0 aliphatic heterocycles. The molecule has 0 saturated heterocycles. The number of hydrogen-bond donors (Lipinski definition) is 0. The first kappa shape index (κ1) is 15.0. The van der Waals surface area contributed by atoms with E-state index in [2.05, 4.69) is 62.4 Å². The molecule has 22 heavy (non-hydrogen) atoms. The number of ether oxygens (including phenoxy) is 2. The van der Waals surface area contributed by atoms with E-state index in [0.29, 0.717) is 23.7 Å². The Hall–Kier alpha value is -1.96. The van der Waals surface area contributed by atoms with E-state index < -0.39 is 0 Å². The molecule has 1 aliphatic rings. The number of rotatable bonds is 4. The van der Waals surface area contributed by atoms with Crippen molar-refractivity contribution in [2.45, 2.75) is 25.7 Å². The van der Waals surface area contributed by atoms with Crippen LogP contribution in [0.3, 0.4) is 0 Å². The van der Waals surface area contributed by atoms with Crippen LogP contribution in [0.4, 0.5) is 0 Å². The van der Waals surface area contributed by atoms with Gasteiger partial charge in [-0.05, 0) is 59.1 Å². The summed E-state index contributed by atoms with van der Waals surface area (Å²) < 4.78 is 10.5. The summed E-state index contributed by atoms with van der Waals surface area (Å²) in [7, 11) is 3.42. The van der Waals surface area contributed by atoms with Gasteiger partial charge in [-0.25, -0.2) is 0 Å².